The van der Waals surface area contributed by atoms with Crippen molar-refractivity contribution >= 4 is 5.69 Å². The van der Waals surface area contributed by atoms with Crippen LogP contribution in [0.1, 0.15) is 18.9 Å². The van der Waals surface area contributed by atoms with Crippen molar-refractivity contribution < 1.29 is 14.4 Å². The molecule has 0 aliphatic carbocycles. The smallest absolute Gasteiger partial charge is 0.305 e. The van der Waals surface area contributed by atoms with Crippen LogP contribution in [0, 0.1) is 15.9 Å². The van der Waals surface area contributed by atoms with E-state index >= 15 is 0 Å². The minimum Gasteiger partial charge on any atom is -0.395 e. The lowest BCUT2D eigenvalue weighted by atomic mass is 10.1. The van der Waals surface area contributed by atoms with E-state index in [9.17, 15) is 14.5 Å². The zero-order chi connectivity index (χ0) is 13.5. The van der Waals surface area contributed by atoms with Crippen LogP contribution >= 0.6 is 0 Å². The first-order valence-corrected chi connectivity index (χ1v) is 5.85. The van der Waals surface area contributed by atoms with Gasteiger partial charge >= 0.3 is 5.69 Å². The largest absolute Gasteiger partial charge is 0.395 e. The van der Waals surface area contributed by atoms with Crippen molar-refractivity contribution in [1.82, 2.24) is 4.90 Å². The van der Waals surface area contributed by atoms with Crippen LogP contribution in [0.3, 0.4) is 0 Å². The maximum atomic E-state index is 13.8. The predicted octanol–water partition coefficient (Wildman–Crippen LogP) is 1.94. The Labute approximate surface area is 105 Å². The topological polar surface area (TPSA) is 66.6 Å². The summed E-state index contributed by atoms with van der Waals surface area (Å²) in [5, 5.41) is 19.5. The molecule has 1 aromatic rings. The Morgan fingerprint density at radius 1 is 1.44 bits per heavy atom. The van der Waals surface area contributed by atoms with Crippen molar-refractivity contribution in [3.05, 3.63) is 39.7 Å². The summed E-state index contributed by atoms with van der Waals surface area (Å²) in [5.41, 5.74) is -0.223. The van der Waals surface area contributed by atoms with Gasteiger partial charge in [0.1, 0.15) is 0 Å². The van der Waals surface area contributed by atoms with Crippen LogP contribution < -0.4 is 0 Å². The molecule has 5 nitrogen and oxygen atoms in total. The van der Waals surface area contributed by atoms with Crippen molar-refractivity contribution in [3.63, 3.8) is 0 Å². The molecule has 1 aromatic carbocycles. The Hall–Kier alpha value is -1.53. The van der Waals surface area contributed by atoms with Crippen LogP contribution in [0.5, 0.6) is 0 Å². The molecule has 0 saturated carbocycles. The summed E-state index contributed by atoms with van der Waals surface area (Å²) in [6.45, 7) is 3.37. The normalized spacial score (nSPS) is 10.9. The van der Waals surface area contributed by atoms with Gasteiger partial charge in [-0.15, -0.1) is 0 Å². The SMILES string of the molecule is CCCN(CCO)Cc1cccc([N+](=O)[O-])c1F. The molecule has 0 radical (unpaired) electrons. The fraction of sp³-hybridized carbons (Fsp3) is 0.500. The van der Waals surface area contributed by atoms with Gasteiger partial charge in [-0.2, -0.15) is 4.39 Å². The van der Waals surface area contributed by atoms with Crippen molar-refractivity contribution in [1.29, 1.82) is 0 Å². The quantitative estimate of drug-likeness (QED) is 0.598. The third kappa shape index (κ3) is 3.75. The standard InChI is InChI=1S/C12H17FN2O3/c1-2-6-14(7-8-16)9-10-4-3-5-11(12(10)13)15(17)18/h3-5,16H,2,6-9H2,1H3. The number of aliphatic hydroxyl groups is 1. The fourth-order valence-electron chi connectivity index (χ4n) is 1.80. The summed E-state index contributed by atoms with van der Waals surface area (Å²) >= 11 is 0. The van der Waals surface area contributed by atoms with Crippen molar-refractivity contribution in [2.75, 3.05) is 19.7 Å². The maximum absolute atomic E-state index is 13.8. The third-order valence-electron chi connectivity index (χ3n) is 2.61. The van der Waals surface area contributed by atoms with E-state index in [1.807, 2.05) is 11.8 Å². The third-order valence-corrected chi connectivity index (χ3v) is 2.61. The number of hydrogen-bond acceptors (Lipinski definition) is 4. The predicted molar refractivity (Wildman–Crippen MR) is 65.7 cm³/mol. The average molecular weight is 256 g/mol. The van der Waals surface area contributed by atoms with E-state index in [1.54, 1.807) is 0 Å². The van der Waals surface area contributed by atoms with Gasteiger partial charge in [-0.05, 0) is 13.0 Å². The maximum Gasteiger partial charge on any atom is 0.305 e. The van der Waals surface area contributed by atoms with Gasteiger partial charge < -0.3 is 5.11 Å². The molecule has 0 amide bonds. The molecule has 1 rings (SSSR count). The van der Waals surface area contributed by atoms with E-state index in [0.29, 0.717) is 13.1 Å². The van der Waals surface area contributed by atoms with Crippen molar-refractivity contribution in [3.8, 4) is 0 Å². The Kier molecular flexibility index (Phi) is 5.67. The van der Waals surface area contributed by atoms with E-state index in [2.05, 4.69) is 0 Å². The van der Waals surface area contributed by atoms with Crippen LogP contribution in [-0.2, 0) is 6.54 Å². The molecule has 0 heterocycles. The minimum atomic E-state index is -0.790. The van der Waals surface area contributed by atoms with Gasteiger partial charge in [0, 0.05) is 24.7 Å². The van der Waals surface area contributed by atoms with Crippen LogP contribution in [-0.4, -0.2) is 34.6 Å². The highest BCUT2D eigenvalue weighted by Crippen LogP contribution is 2.21. The first-order valence-electron chi connectivity index (χ1n) is 5.85. The van der Waals surface area contributed by atoms with Gasteiger partial charge in [0.25, 0.3) is 0 Å². The average Bonchev–Trinajstić information content (AvgIpc) is 2.32. The Morgan fingerprint density at radius 3 is 2.72 bits per heavy atom. The number of rotatable bonds is 7. The first-order chi connectivity index (χ1) is 8.60. The first kappa shape index (κ1) is 14.5. The Morgan fingerprint density at radius 2 is 2.17 bits per heavy atom. The number of hydrogen-bond donors (Lipinski definition) is 1. The molecular formula is C12H17FN2O3. The highest BCUT2D eigenvalue weighted by atomic mass is 19.1. The molecule has 0 aromatic heterocycles. The fourth-order valence-corrected chi connectivity index (χ4v) is 1.80. The number of nitro groups is 1. The molecule has 0 aliphatic heterocycles. The van der Waals surface area contributed by atoms with Gasteiger partial charge in [0.15, 0.2) is 0 Å². The van der Waals surface area contributed by atoms with Gasteiger partial charge in [-0.25, -0.2) is 0 Å². The molecule has 0 bridgehead atoms. The van der Waals surface area contributed by atoms with Gasteiger partial charge in [0.2, 0.25) is 5.82 Å². The summed E-state index contributed by atoms with van der Waals surface area (Å²) in [6, 6.07) is 4.15. The molecule has 100 valence electrons. The minimum absolute atomic E-state index is 0.0173. The second-order valence-corrected chi connectivity index (χ2v) is 4.01. The molecule has 1 N–H and O–H groups in total. The second-order valence-electron chi connectivity index (χ2n) is 4.01. The molecule has 0 fully saturated rings. The van der Waals surface area contributed by atoms with Crippen LogP contribution in [0.2, 0.25) is 0 Å². The summed E-state index contributed by atoms with van der Waals surface area (Å²) < 4.78 is 13.8. The Bertz CT molecular complexity index is 406. The van der Waals surface area contributed by atoms with Gasteiger partial charge in [-0.3, -0.25) is 15.0 Å². The molecule has 18 heavy (non-hydrogen) atoms. The molecule has 0 saturated heterocycles. The van der Waals surface area contributed by atoms with E-state index < -0.39 is 16.4 Å². The highest BCUT2D eigenvalue weighted by molar-refractivity contribution is 5.36. The number of aliphatic hydroxyl groups excluding tert-OH is 1. The number of nitrogens with zero attached hydrogens (tertiary/aromatic N) is 2. The lowest BCUT2D eigenvalue weighted by molar-refractivity contribution is -0.387. The second kappa shape index (κ2) is 7.03. The molecular weight excluding hydrogens is 239 g/mol. The van der Waals surface area contributed by atoms with E-state index in [0.717, 1.165) is 12.5 Å². The van der Waals surface area contributed by atoms with Crippen molar-refractivity contribution in [2.24, 2.45) is 0 Å². The zero-order valence-electron chi connectivity index (χ0n) is 10.3. The lowest BCUT2D eigenvalue weighted by Crippen LogP contribution is -2.27. The summed E-state index contributed by atoms with van der Waals surface area (Å²) in [4.78, 5) is 11.8. The molecule has 0 atom stereocenters. The van der Waals surface area contributed by atoms with Crippen LogP contribution in [0.15, 0.2) is 18.2 Å². The molecule has 6 heteroatoms. The lowest BCUT2D eigenvalue weighted by Gasteiger charge is -2.20. The number of benzene rings is 1. The Balaban J connectivity index is 2.88. The summed E-state index contributed by atoms with van der Waals surface area (Å²) in [5.74, 6) is -0.790. The summed E-state index contributed by atoms with van der Waals surface area (Å²) in [7, 11) is 0. The zero-order valence-corrected chi connectivity index (χ0v) is 10.3. The molecule has 0 spiro atoms. The van der Waals surface area contributed by atoms with Crippen LogP contribution in [0.4, 0.5) is 10.1 Å². The number of nitro benzene ring substituents is 1. The van der Waals surface area contributed by atoms with Crippen LogP contribution in [0.25, 0.3) is 0 Å². The van der Waals surface area contributed by atoms with Crippen molar-refractivity contribution in [2.45, 2.75) is 19.9 Å². The monoisotopic (exact) mass is 256 g/mol. The molecule has 0 unspecified atom stereocenters. The van der Waals surface area contributed by atoms with Gasteiger partial charge in [-0.1, -0.05) is 19.1 Å². The highest BCUT2D eigenvalue weighted by Gasteiger charge is 2.18. The van der Waals surface area contributed by atoms with Gasteiger partial charge in [0.05, 0.1) is 11.5 Å². The van der Waals surface area contributed by atoms with E-state index in [4.69, 9.17) is 5.11 Å². The molecule has 0 aliphatic rings. The summed E-state index contributed by atoms with van der Waals surface area (Å²) in [6.07, 6.45) is 0.872. The van der Waals surface area contributed by atoms with E-state index in [-0.39, 0.29) is 18.7 Å². The number of halogens is 1. The van der Waals surface area contributed by atoms with E-state index in [1.165, 1.54) is 12.1 Å².